The Balaban J connectivity index is 2.42. The van der Waals surface area contributed by atoms with Crippen LogP contribution in [-0.4, -0.2) is 29.5 Å². The number of primary amides is 1. The quantitative estimate of drug-likeness (QED) is 0.437. The van der Waals surface area contributed by atoms with Gasteiger partial charge in [0.2, 0.25) is 0 Å². The summed E-state index contributed by atoms with van der Waals surface area (Å²) in [7, 11) is 0. The Kier molecular flexibility index (Phi) is 6.87. The highest BCUT2D eigenvalue weighted by atomic mass is 16.5. The molecule has 20 heavy (non-hydrogen) atoms. The zero-order valence-electron chi connectivity index (χ0n) is 12.2. The van der Waals surface area contributed by atoms with Gasteiger partial charge in [0.1, 0.15) is 5.75 Å². The Morgan fingerprint density at radius 2 is 2.05 bits per heavy atom. The molecule has 1 aromatic carbocycles. The number of unbranched alkanes of at least 4 members (excludes halogenated alkanes) is 1. The molecule has 0 aliphatic carbocycles. The predicted molar refractivity (Wildman–Crippen MR) is 77.8 cm³/mol. The summed E-state index contributed by atoms with van der Waals surface area (Å²) < 4.78 is 5.59. The van der Waals surface area contributed by atoms with Gasteiger partial charge in [0.15, 0.2) is 0 Å². The van der Waals surface area contributed by atoms with Crippen molar-refractivity contribution in [3.05, 3.63) is 29.8 Å². The van der Waals surface area contributed by atoms with Crippen LogP contribution in [0.15, 0.2) is 24.3 Å². The van der Waals surface area contributed by atoms with Gasteiger partial charge in [-0.2, -0.15) is 0 Å². The molecular weight excluding hydrogens is 256 g/mol. The lowest BCUT2D eigenvalue weighted by atomic mass is 10.0. The summed E-state index contributed by atoms with van der Waals surface area (Å²) in [5.41, 5.74) is 6.11. The van der Waals surface area contributed by atoms with Crippen molar-refractivity contribution in [2.24, 2.45) is 11.7 Å². The number of ether oxygens (including phenoxy) is 1. The average Bonchev–Trinajstić information content (AvgIpc) is 2.40. The summed E-state index contributed by atoms with van der Waals surface area (Å²) in [6.07, 6.45) is 2.94. The van der Waals surface area contributed by atoms with Crippen molar-refractivity contribution in [2.75, 3.05) is 13.2 Å². The van der Waals surface area contributed by atoms with Crippen LogP contribution in [0.2, 0.25) is 0 Å². The van der Waals surface area contributed by atoms with Crippen LogP contribution >= 0.6 is 0 Å². The number of hydrogen-bond donors (Lipinski definition) is 2. The largest absolute Gasteiger partial charge is 0.494 e. The minimum absolute atomic E-state index is 0.124. The Bertz CT molecular complexity index is 406. The average molecular weight is 280 g/mol. The standard InChI is InChI=1S/C15H24N2O3/c1-3-4-9-20-14-7-5-13(6-8-14)10-12(2)11-17(19)15(16)18/h5-8,12,19H,3-4,9-11H2,1-2H3,(H2,16,18). The minimum Gasteiger partial charge on any atom is -0.494 e. The van der Waals surface area contributed by atoms with Crippen LogP contribution in [0.5, 0.6) is 5.75 Å². The van der Waals surface area contributed by atoms with E-state index in [1.165, 1.54) is 0 Å². The minimum atomic E-state index is -0.823. The lowest BCUT2D eigenvalue weighted by Gasteiger charge is -2.17. The van der Waals surface area contributed by atoms with E-state index in [1.807, 2.05) is 31.2 Å². The van der Waals surface area contributed by atoms with Crippen molar-refractivity contribution in [1.29, 1.82) is 0 Å². The first-order valence-corrected chi connectivity index (χ1v) is 7.00. The van der Waals surface area contributed by atoms with Gasteiger partial charge in [-0.05, 0) is 36.5 Å². The molecule has 0 heterocycles. The monoisotopic (exact) mass is 280 g/mol. The van der Waals surface area contributed by atoms with E-state index in [2.05, 4.69) is 6.92 Å². The second kappa shape index (κ2) is 8.43. The molecule has 1 rings (SSSR count). The molecule has 0 bridgehead atoms. The van der Waals surface area contributed by atoms with Crippen LogP contribution in [0.1, 0.15) is 32.3 Å². The number of carbonyl (C=O) groups excluding carboxylic acids is 1. The van der Waals surface area contributed by atoms with Crippen LogP contribution in [0.3, 0.4) is 0 Å². The Morgan fingerprint density at radius 1 is 1.40 bits per heavy atom. The second-order valence-corrected chi connectivity index (χ2v) is 5.08. The predicted octanol–water partition coefficient (Wildman–Crippen LogP) is 2.81. The van der Waals surface area contributed by atoms with Gasteiger partial charge in [0.25, 0.3) is 0 Å². The van der Waals surface area contributed by atoms with Gasteiger partial charge in [-0.3, -0.25) is 5.21 Å². The summed E-state index contributed by atoms with van der Waals surface area (Å²) in [6.45, 7) is 5.05. The molecule has 0 radical (unpaired) electrons. The molecule has 0 aliphatic heterocycles. The van der Waals surface area contributed by atoms with Gasteiger partial charge in [-0.25, -0.2) is 9.86 Å². The highest BCUT2D eigenvalue weighted by Gasteiger charge is 2.11. The highest BCUT2D eigenvalue weighted by molar-refractivity contribution is 5.70. The lowest BCUT2D eigenvalue weighted by molar-refractivity contribution is -0.0488. The fourth-order valence-corrected chi connectivity index (χ4v) is 1.91. The van der Waals surface area contributed by atoms with Crippen LogP contribution in [0.4, 0.5) is 4.79 Å². The SMILES string of the molecule is CCCCOc1ccc(CC(C)CN(O)C(N)=O)cc1. The maximum atomic E-state index is 10.7. The molecule has 1 aromatic rings. The van der Waals surface area contributed by atoms with Gasteiger partial charge in [0.05, 0.1) is 13.2 Å². The lowest BCUT2D eigenvalue weighted by Crippen LogP contribution is -2.36. The molecule has 112 valence electrons. The highest BCUT2D eigenvalue weighted by Crippen LogP contribution is 2.16. The summed E-state index contributed by atoms with van der Waals surface area (Å²) in [5.74, 6) is 0.995. The van der Waals surface area contributed by atoms with E-state index >= 15 is 0 Å². The molecule has 0 saturated carbocycles. The van der Waals surface area contributed by atoms with Crippen molar-refractivity contribution >= 4 is 6.03 Å². The number of nitrogens with two attached hydrogens (primary N) is 1. The first kappa shape index (κ1) is 16.3. The van der Waals surface area contributed by atoms with E-state index in [4.69, 9.17) is 10.5 Å². The molecule has 3 N–H and O–H groups in total. The zero-order valence-corrected chi connectivity index (χ0v) is 12.2. The van der Waals surface area contributed by atoms with Gasteiger partial charge < -0.3 is 10.5 Å². The van der Waals surface area contributed by atoms with E-state index in [0.717, 1.165) is 37.2 Å². The molecule has 2 amide bonds. The van der Waals surface area contributed by atoms with Crippen molar-refractivity contribution < 1.29 is 14.7 Å². The number of rotatable bonds is 8. The first-order valence-electron chi connectivity index (χ1n) is 7.00. The Hall–Kier alpha value is -1.75. The normalized spacial score (nSPS) is 11.9. The number of carbonyl (C=O) groups is 1. The Labute approximate surface area is 120 Å². The smallest absolute Gasteiger partial charge is 0.338 e. The van der Waals surface area contributed by atoms with E-state index in [-0.39, 0.29) is 12.5 Å². The van der Waals surface area contributed by atoms with E-state index in [1.54, 1.807) is 0 Å². The fourth-order valence-electron chi connectivity index (χ4n) is 1.91. The third-order valence-electron chi connectivity index (χ3n) is 3.01. The molecule has 0 saturated heterocycles. The number of benzene rings is 1. The van der Waals surface area contributed by atoms with Crippen LogP contribution in [-0.2, 0) is 6.42 Å². The van der Waals surface area contributed by atoms with Crippen molar-refractivity contribution in [3.8, 4) is 5.75 Å². The summed E-state index contributed by atoms with van der Waals surface area (Å²) in [5, 5.41) is 9.83. The number of amides is 2. The van der Waals surface area contributed by atoms with Crippen molar-refractivity contribution in [3.63, 3.8) is 0 Å². The van der Waals surface area contributed by atoms with Gasteiger partial charge in [-0.15, -0.1) is 0 Å². The zero-order chi connectivity index (χ0) is 15.0. The maximum absolute atomic E-state index is 10.7. The van der Waals surface area contributed by atoms with Gasteiger partial charge >= 0.3 is 6.03 Å². The van der Waals surface area contributed by atoms with Gasteiger partial charge in [0, 0.05) is 0 Å². The molecule has 0 aromatic heterocycles. The molecule has 0 spiro atoms. The molecule has 0 fully saturated rings. The molecular formula is C15H24N2O3. The number of urea groups is 1. The molecule has 1 unspecified atom stereocenters. The summed E-state index contributed by atoms with van der Waals surface area (Å²) in [6, 6.07) is 7.08. The van der Waals surface area contributed by atoms with E-state index in [9.17, 15) is 10.0 Å². The fraction of sp³-hybridized carbons (Fsp3) is 0.533. The Morgan fingerprint density at radius 3 is 2.60 bits per heavy atom. The summed E-state index contributed by atoms with van der Waals surface area (Å²) in [4.78, 5) is 10.7. The number of hydroxylamine groups is 2. The third kappa shape index (κ3) is 5.93. The summed E-state index contributed by atoms with van der Waals surface area (Å²) >= 11 is 0. The molecule has 5 heteroatoms. The number of nitrogens with zero attached hydrogens (tertiary/aromatic N) is 1. The first-order chi connectivity index (χ1) is 9.52. The van der Waals surface area contributed by atoms with Crippen LogP contribution in [0, 0.1) is 5.92 Å². The third-order valence-corrected chi connectivity index (χ3v) is 3.01. The van der Waals surface area contributed by atoms with Crippen LogP contribution in [0.25, 0.3) is 0 Å². The van der Waals surface area contributed by atoms with Crippen LogP contribution < -0.4 is 10.5 Å². The van der Waals surface area contributed by atoms with E-state index in [0.29, 0.717) is 5.06 Å². The number of hydrogen-bond acceptors (Lipinski definition) is 3. The second-order valence-electron chi connectivity index (χ2n) is 5.08. The molecule has 1 atom stereocenters. The van der Waals surface area contributed by atoms with Crippen molar-refractivity contribution in [1.82, 2.24) is 5.06 Å². The topological polar surface area (TPSA) is 75.8 Å². The van der Waals surface area contributed by atoms with Crippen molar-refractivity contribution in [2.45, 2.75) is 33.1 Å². The van der Waals surface area contributed by atoms with Gasteiger partial charge in [-0.1, -0.05) is 32.4 Å². The molecule has 0 aliphatic rings. The van der Waals surface area contributed by atoms with E-state index < -0.39 is 6.03 Å². The maximum Gasteiger partial charge on any atom is 0.338 e. The molecule has 5 nitrogen and oxygen atoms in total.